The van der Waals surface area contributed by atoms with Crippen LogP contribution in [0.4, 0.5) is 0 Å². The molecule has 4 nitrogen and oxygen atoms in total. The lowest BCUT2D eigenvalue weighted by Gasteiger charge is -2.15. The summed E-state index contributed by atoms with van der Waals surface area (Å²) in [7, 11) is 0. The lowest BCUT2D eigenvalue weighted by atomic mass is 9.91. The normalized spacial score (nSPS) is 12.0. The molecule has 256 valence electrons. The molecule has 8 aromatic carbocycles. The molecular formula is C50H29N3OS. The molecule has 12 aromatic rings. The lowest BCUT2D eigenvalue weighted by molar-refractivity contribution is 0.669. The van der Waals surface area contributed by atoms with E-state index >= 15 is 0 Å². The quantitative estimate of drug-likeness (QED) is 0.170. The molecule has 0 bridgehead atoms. The van der Waals surface area contributed by atoms with Gasteiger partial charge in [-0.05, 0) is 72.3 Å². The van der Waals surface area contributed by atoms with Gasteiger partial charge in [0.1, 0.15) is 17.0 Å². The standard InChI is InChI=1S/C50H29N3OS/c1-2-12-33(13-3-1)53-42-19-9-8-18-41(42)52-50(53)31-24-22-30(23-25-31)37-29-39-46(47-36-16-6-11-21-45(36)55-49(37)47)35-15-4-7-17-40(35)51-48(39)32-26-27-44-38(28-32)34-14-5-10-20-43(34)54-44/h1-29H. The van der Waals surface area contributed by atoms with E-state index in [4.69, 9.17) is 14.4 Å². The number of hydrogen-bond acceptors (Lipinski definition) is 4. The van der Waals surface area contributed by atoms with Crippen LogP contribution in [0.25, 0.3) is 114 Å². The lowest BCUT2D eigenvalue weighted by Crippen LogP contribution is -1.97. The number of fused-ring (bicyclic) bond motifs is 11. The van der Waals surface area contributed by atoms with Crippen molar-refractivity contribution in [3.05, 3.63) is 176 Å². The number of pyridine rings is 1. The highest BCUT2D eigenvalue weighted by atomic mass is 32.1. The van der Waals surface area contributed by atoms with E-state index in [1.54, 1.807) is 0 Å². The number of aromatic nitrogens is 3. The minimum absolute atomic E-state index is 0.878. The third-order valence-electron chi connectivity index (χ3n) is 11.0. The van der Waals surface area contributed by atoms with Crippen LogP contribution in [0, 0.1) is 0 Å². The van der Waals surface area contributed by atoms with Gasteiger partial charge in [-0.3, -0.25) is 4.57 Å². The number of para-hydroxylation sites is 5. The van der Waals surface area contributed by atoms with Gasteiger partial charge in [0.05, 0.1) is 22.2 Å². The Morgan fingerprint density at radius 2 is 1.13 bits per heavy atom. The summed E-state index contributed by atoms with van der Waals surface area (Å²) >= 11 is 1.87. The van der Waals surface area contributed by atoms with E-state index in [-0.39, 0.29) is 0 Å². The summed E-state index contributed by atoms with van der Waals surface area (Å²) in [6.07, 6.45) is 0. The van der Waals surface area contributed by atoms with Crippen LogP contribution in [0.2, 0.25) is 0 Å². The van der Waals surface area contributed by atoms with Crippen LogP contribution in [0.15, 0.2) is 180 Å². The molecule has 0 aliphatic carbocycles. The van der Waals surface area contributed by atoms with Crippen molar-refractivity contribution < 1.29 is 4.42 Å². The van der Waals surface area contributed by atoms with Crippen molar-refractivity contribution in [3.8, 4) is 39.5 Å². The van der Waals surface area contributed by atoms with Crippen LogP contribution in [0.1, 0.15) is 0 Å². The maximum Gasteiger partial charge on any atom is 0.145 e. The molecule has 0 unspecified atom stereocenters. The first-order valence-corrected chi connectivity index (χ1v) is 19.3. The molecule has 0 N–H and O–H groups in total. The van der Waals surface area contributed by atoms with E-state index in [0.717, 1.165) is 83.2 Å². The average molecular weight is 720 g/mol. The molecule has 4 aromatic heterocycles. The number of thiophene rings is 1. The van der Waals surface area contributed by atoms with E-state index in [0.29, 0.717) is 0 Å². The van der Waals surface area contributed by atoms with Gasteiger partial charge in [-0.2, -0.15) is 0 Å². The number of benzene rings is 8. The third-order valence-corrected chi connectivity index (χ3v) is 12.2. The zero-order valence-electron chi connectivity index (χ0n) is 29.4. The van der Waals surface area contributed by atoms with E-state index < -0.39 is 0 Å². The number of nitrogens with zero attached hydrogens (tertiary/aromatic N) is 3. The van der Waals surface area contributed by atoms with Crippen molar-refractivity contribution in [1.29, 1.82) is 0 Å². The van der Waals surface area contributed by atoms with Crippen LogP contribution in [-0.2, 0) is 0 Å². The molecule has 12 rings (SSSR count). The molecule has 0 aliphatic heterocycles. The van der Waals surface area contributed by atoms with E-state index in [1.165, 1.54) is 31.1 Å². The maximum atomic E-state index is 6.24. The predicted octanol–water partition coefficient (Wildman–Crippen LogP) is 14.0. The largest absolute Gasteiger partial charge is 0.456 e. The number of imidazole rings is 1. The van der Waals surface area contributed by atoms with Gasteiger partial charge in [0.2, 0.25) is 0 Å². The second-order valence-corrected chi connectivity index (χ2v) is 15.2. The van der Waals surface area contributed by atoms with Gasteiger partial charge in [-0.15, -0.1) is 11.3 Å². The van der Waals surface area contributed by atoms with Gasteiger partial charge >= 0.3 is 0 Å². The summed E-state index contributed by atoms with van der Waals surface area (Å²) in [5, 5.41) is 8.27. The van der Waals surface area contributed by atoms with Crippen molar-refractivity contribution in [2.24, 2.45) is 0 Å². The predicted molar refractivity (Wildman–Crippen MR) is 230 cm³/mol. The molecule has 0 radical (unpaired) electrons. The number of rotatable bonds is 4. The third kappa shape index (κ3) is 4.57. The average Bonchev–Trinajstić information content (AvgIpc) is 3.95. The van der Waals surface area contributed by atoms with E-state index in [2.05, 4.69) is 168 Å². The van der Waals surface area contributed by atoms with Crippen molar-refractivity contribution in [2.75, 3.05) is 0 Å². The fraction of sp³-hybridized carbons (Fsp3) is 0. The first-order valence-electron chi connectivity index (χ1n) is 18.5. The molecular weight excluding hydrogens is 691 g/mol. The Kier molecular flexibility index (Phi) is 6.47. The first-order chi connectivity index (χ1) is 27.3. The van der Waals surface area contributed by atoms with Crippen LogP contribution in [0.3, 0.4) is 0 Å². The smallest absolute Gasteiger partial charge is 0.145 e. The maximum absolute atomic E-state index is 6.24. The van der Waals surface area contributed by atoms with Crippen molar-refractivity contribution >= 4 is 86.2 Å². The van der Waals surface area contributed by atoms with E-state index in [9.17, 15) is 0 Å². The molecule has 0 saturated heterocycles. The van der Waals surface area contributed by atoms with Crippen LogP contribution in [0.5, 0.6) is 0 Å². The summed E-state index contributed by atoms with van der Waals surface area (Å²) in [6.45, 7) is 0. The summed E-state index contributed by atoms with van der Waals surface area (Å²) in [5.41, 5.74) is 11.3. The van der Waals surface area contributed by atoms with Crippen molar-refractivity contribution in [3.63, 3.8) is 0 Å². The Hall–Kier alpha value is -7.08. The molecule has 0 saturated carbocycles. The Balaban J connectivity index is 1.13. The summed E-state index contributed by atoms with van der Waals surface area (Å²) in [6, 6.07) is 62.3. The minimum Gasteiger partial charge on any atom is -0.456 e. The zero-order chi connectivity index (χ0) is 36.0. The topological polar surface area (TPSA) is 43.9 Å². The fourth-order valence-corrected chi connectivity index (χ4v) is 9.74. The van der Waals surface area contributed by atoms with Gasteiger partial charge < -0.3 is 4.42 Å². The first kappa shape index (κ1) is 30.4. The van der Waals surface area contributed by atoms with E-state index in [1.807, 2.05) is 23.5 Å². The molecule has 0 fully saturated rings. The van der Waals surface area contributed by atoms with Gasteiger partial charge in [-0.1, -0.05) is 109 Å². The highest BCUT2D eigenvalue weighted by Crippen LogP contribution is 2.48. The van der Waals surface area contributed by atoms with Gasteiger partial charge in [0, 0.05) is 69.5 Å². The van der Waals surface area contributed by atoms with Crippen LogP contribution >= 0.6 is 11.3 Å². The summed E-state index contributed by atoms with van der Waals surface area (Å²) < 4.78 is 11.0. The van der Waals surface area contributed by atoms with Crippen molar-refractivity contribution in [2.45, 2.75) is 0 Å². The molecule has 0 aliphatic rings. The summed E-state index contributed by atoms with van der Waals surface area (Å²) in [5.74, 6) is 0.921. The molecule has 5 heteroatoms. The molecule has 55 heavy (non-hydrogen) atoms. The zero-order valence-corrected chi connectivity index (χ0v) is 30.2. The Morgan fingerprint density at radius 3 is 2.00 bits per heavy atom. The fourth-order valence-electron chi connectivity index (χ4n) is 8.49. The van der Waals surface area contributed by atoms with Gasteiger partial charge in [0.25, 0.3) is 0 Å². The summed E-state index contributed by atoms with van der Waals surface area (Å²) in [4.78, 5) is 10.6. The van der Waals surface area contributed by atoms with Crippen molar-refractivity contribution in [1.82, 2.24) is 14.5 Å². The monoisotopic (exact) mass is 719 g/mol. The highest BCUT2D eigenvalue weighted by Gasteiger charge is 2.21. The van der Waals surface area contributed by atoms with Crippen LogP contribution in [-0.4, -0.2) is 14.5 Å². The Bertz CT molecular complexity index is 3480. The Morgan fingerprint density at radius 1 is 0.455 bits per heavy atom. The number of hydrogen-bond donors (Lipinski definition) is 0. The molecule has 4 heterocycles. The number of furan rings is 1. The molecule has 0 amide bonds. The van der Waals surface area contributed by atoms with Gasteiger partial charge in [0.15, 0.2) is 0 Å². The Labute approximate surface area is 319 Å². The van der Waals surface area contributed by atoms with Gasteiger partial charge in [-0.25, -0.2) is 9.97 Å². The highest BCUT2D eigenvalue weighted by molar-refractivity contribution is 7.26. The molecule has 0 spiro atoms. The second-order valence-electron chi connectivity index (χ2n) is 14.1. The SMILES string of the molecule is c1ccc(-n2c(-c3ccc(-c4cc5c(-c6ccc7oc8ccccc8c7c6)nc6ccccc6c5c5c4sc4ccccc45)cc3)nc3ccccc32)cc1. The van der Waals surface area contributed by atoms with Crippen LogP contribution < -0.4 is 0 Å². The minimum atomic E-state index is 0.878. The molecule has 0 atom stereocenters. The second kappa shape index (κ2) is 11.7.